The van der Waals surface area contributed by atoms with Crippen LogP contribution in [0.2, 0.25) is 0 Å². The van der Waals surface area contributed by atoms with Crippen LogP contribution in [0.1, 0.15) is 39.4 Å². The number of aromatic nitrogens is 2. The third kappa shape index (κ3) is 2.85. The molecular weight excluding hydrogens is 270 g/mol. The van der Waals surface area contributed by atoms with Crippen LogP contribution in [0.4, 0.5) is 5.69 Å². The van der Waals surface area contributed by atoms with Crippen LogP contribution in [0.5, 0.6) is 5.75 Å². The molecule has 6 nitrogen and oxygen atoms in total. The maximum atomic E-state index is 9.94. The fourth-order valence-electron chi connectivity index (χ4n) is 2.36. The van der Waals surface area contributed by atoms with Crippen molar-refractivity contribution < 1.29 is 14.4 Å². The van der Waals surface area contributed by atoms with Gasteiger partial charge in [-0.25, -0.2) is 0 Å². The van der Waals surface area contributed by atoms with E-state index in [9.17, 15) is 5.11 Å². The van der Waals surface area contributed by atoms with E-state index in [1.54, 1.807) is 12.1 Å². The fraction of sp³-hybridized carbons (Fsp3) is 0.467. The number of ether oxygens (including phenoxy) is 1. The Labute approximate surface area is 123 Å². The van der Waals surface area contributed by atoms with Crippen molar-refractivity contribution in [3.8, 4) is 17.2 Å². The average molecular weight is 291 g/mol. The fourth-order valence-corrected chi connectivity index (χ4v) is 2.36. The van der Waals surface area contributed by atoms with E-state index in [1.165, 1.54) is 6.07 Å². The Hall–Kier alpha value is -2.08. The molecule has 0 saturated carbocycles. The molecule has 21 heavy (non-hydrogen) atoms. The number of nitrogens with two attached hydrogens (primary N) is 1. The molecular formula is C15H21N3O3. The summed E-state index contributed by atoms with van der Waals surface area (Å²) in [5, 5.41) is 14.0. The van der Waals surface area contributed by atoms with Crippen molar-refractivity contribution in [3.63, 3.8) is 0 Å². The molecule has 1 heterocycles. The summed E-state index contributed by atoms with van der Waals surface area (Å²) in [6.45, 7) is 6.55. The lowest BCUT2D eigenvalue weighted by Crippen LogP contribution is -2.29. The van der Waals surface area contributed by atoms with Gasteiger partial charge in [-0.3, -0.25) is 0 Å². The summed E-state index contributed by atoms with van der Waals surface area (Å²) in [5.74, 6) is 0.772. The minimum Gasteiger partial charge on any atom is -0.507 e. The molecule has 1 aromatic heterocycles. The van der Waals surface area contributed by atoms with Gasteiger partial charge in [0.25, 0.3) is 5.89 Å². The van der Waals surface area contributed by atoms with Crippen LogP contribution in [0.15, 0.2) is 22.7 Å². The topological polar surface area (TPSA) is 94.4 Å². The molecule has 2 rings (SSSR count). The second kappa shape index (κ2) is 6.13. The molecule has 0 bridgehead atoms. The summed E-state index contributed by atoms with van der Waals surface area (Å²) < 4.78 is 11.1. The highest BCUT2D eigenvalue weighted by Crippen LogP contribution is 2.34. The van der Waals surface area contributed by atoms with Gasteiger partial charge in [-0.2, -0.15) is 4.98 Å². The minimum atomic E-state index is -0.556. The molecule has 0 saturated heterocycles. The molecule has 0 amide bonds. The van der Waals surface area contributed by atoms with Gasteiger partial charge in [-0.1, -0.05) is 19.0 Å². The van der Waals surface area contributed by atoms with Gasteiger partial charge >= 0.3 is 0 Å². The van der Waals surface area contributed by atoms with Gasteiger partial charge < -0.3 is 20.1 Å². The first-order chi connectivity index (χ1) is 10.1. The van der Waals surface area contributed by atoms with Gasteiger partial charge in [0, 0.05) is 18.4 Å². The van der Waals surface area contributed by atoms with Crippen molar-refractivity contribution in [2.24, 2.45) is 0 Å². The first-order valence-corrected chi connectivity index (χ1v) is 7.13. The number of nitrogens with zero attached hydrogens (tertiary/aromatic N) is 2. The molecule has 3 N–H and O–H groups in total. The molecule has 0 spiro atoms. The Morgan fingerprint density at radius 3 is 2.57 bits per heavy atom. The number of hydrogen-bond donors (Lipinski definition) is 2. The van der Waals surface area contributed by atoms with E-state index in [0.29, 0.717) is 23.7 Å². The van der Waals surface area contributed by atoms with Crippen molar-refractivity contribution >= 4 is 5.69 Å². The van der Waals surface area contributed by atoms with Crippen LogP contribution in [-0.2, 0) is 10.3 Å². The second-order valence-electron chi connectivity index (χ2n) is 4.83. The van der Waals surface area contributed by atoms with Gasteiger partial charge in [0.1, 0.15) is 11.4 Å². The molecule has 2 aromatic rings. The quantitative estimate of drug-likeness (QED) is 0.794. The normalized spacial score (nSPS) is 11.8. The van der Waals surface area contributed by atoms with Crippen LogP contribution in [0, 0.1) is 0 Å². The lowest BCUT2D eigenvalue weighted by molar-refractivity contribution is -0.0583. The molecule has 0 fully saturated rings. The summed E-state index contributed by atoms with van der Waals surface area (Å²) in [5.41, 5.74) is 5.99. The highest BCUT2D eigenvalue weighted by atomic mass is 16.5. The number of phenolic OH excluding ortho intramolecular Hbond substituents is 1. The lowest BCUT2D eigenvalue weighted by Gasteiger charge is -2.27. The third-order valence-electron chi connectivity index (χ3n) is 3.65. The van der Waals surface area contributed by atoms with Crippen molar-refractivity contribution in [1.82, 2.24) is 10.1 Å². The van der Waals surface area contributed by atoms with Crippen LogP contribution in [0.25, 0.3) is 11.5 Å². The molecule has 0 aliphatic carbocycles. The predicted octanol–water partition coefficient (Wildman–Crippen LogP) is 3.08. The zero-order valence-electron chi connectivity index (χ0n) is 12.6. The monoisotopic (exact) mass is 291 g/mol. The Morgan fingerprint density at radius 1 is 1.29 bits per heavy atom. The maximum absolute atomic E-state index is 9.94. The van der Waals surface area contributed by atoms with Crippen LogP contribution in [-0.4, -0.2) is 21.9 Å². The van der Waals surface area contributed by atoms with E-state index < -0.39 is 5.60 Å². The van der Waals surface area contributed by atoms with E-state index in [4.69, 9.17) is 15.0 Å². The lowest BCUT2D eigenvalue weighted by atomic mass is 9.96. The maximum Gasteiger partial charge on any atom is 0.261 e. The highest BCUT2D eigenvalue weighted by molar-refractivity contribution is 5.66. The summed E-state index contributed by atoms with van der Waals surface area (Å²) in [4.78, 5) is 4.40. The molecule has 0 aliphatic heterocycles. The highest BCUT2D eigenvalue weighted by Gasteiger charge is 2.34. The van der Waals surface area contributed by atoms with Crippen molar-refractivity contribution in [1.29, 1.82) is 0 Å². The molecule has 114 valence electrons. The van der Waals surface area contributed by atoms with Gasteiger partial charge in [-0.05, 0) is 31.9 Å². The standard InChI is InChI=1S/C15H21N3O3/c1-4-15(5-2,20-6-3)14-17-13(21-18-14)11-8-7-10(16)9-12(11)19/h7-9,19H,4-6,16H2,1-3H3. The number of phenols is 1. The second-order valence-corrected chi connectivity index (χ2v) is 4.83. The van der Waals surface area contributed by atoms with Gasteiger partial charge in [-0.15, -0.1) is 0 Å². The number of hydrogen-bond acceptors (Lipinski definition) is 6. The predicted molar refractivity (Wildman–Crippen MR) is 79.7 cm³/mol. The molecule has 0 radical (unpaired) electrons. The Kier molecular flexibility index (Phi) is 4.47. The number of nitrogen functional groups attached to an aromatic ring is 1. The van der Waals surface area contributed by atoms with E-state index >= 15 is 0 Å². The summed E-state index contributed by atoms with van der Waals surface area (Å²) in [6.07, 6.45) is 1.48. The molecule has 0 atom stereocenters. The Balaban J connectivity index is 2.40. The average Bonchev–Trinajstić information content (AvgIpc) is 2.95. The Bertz CT molecular complexity index is 606. The number of rotatable bonds is 6. The van der Waals surface area contributed by atoms with E-state index in [1.807, 2.05) is 20.8 Å². The SMILES string of the molecule is CCOC(CC)(CC)c1noc(-c2ccc(N)cc2O)n1. The van der Waals surface area contributed by atoms with Crippen LogP contribution in [0.3, 0.4) is 0 Å². The van der Waals surface area contributed by atoms with Crippen molar-refractivity contribution in [3.05, 3.63) is 24.0 Å². The third-order valence-corrected chi connectivity index (χ3v) is 3.65. The summed E-state index contributed by atoms with van der Waals surface area (Å²) in [6, 6.07) is 4.78. The van der Waals surface area contributed by atoms with E-state index in [-0.39, 0.29) is 11.6 Å². The first-order valence-electron chi connectivity index (χ1n) is 7.13. The Morgan fingerprint density at radius 2 is 2.00 bits per heavy atom. The van der Waals surface area contributed by atoms with Crippen molar-refractivity contribution in [2.45, 2.75) is 39.2 Å². The van der Waals surface area contributed by atoms with Crippen LogP contribution >= 0.6 is 0 Å². The minimum absolute atomic E-state index is 0.0141. The van der Waals surface area contributed by atoms with Crippen molar-refractivity contribution in [2.75, 3.05) is 12.3 Å². The molecule has 1 aromatic carbocycles. The van der Waals surface area contributed by atoms with Gasteiger partial charge in [0.05, 0.1) is 5.56 Å². The molecule has 0 aliphatic rings. The van der Waals surface area contributed by atoms with E-state index in [0.717, 1.165) is 12.8 Å². The summed E-state index contributed by atoms with van der Waals surface area (Å²) >= 11 is 0. The van der Waals surface area contributed by atoms with Crippen LogP contribution < -0.4 is 5.73 Å². The molecule has 6 heteroatoms. The summed E-state index contributed by atoms with van der Waals surface area (Å²) in [7, 11) is 0. The number of aromatic hydroxyl groups is 1. The smallest absolute Gasteiger partial charge is 0.261 e. The zero-order chi connectivity index (χ0) is 15.5. The number of benzene rings is 1. The van der Waals surface area contributed by atoms with Gasteiger partial charge in [0.15, 0.2) is 0 Å². The largest absolute Gasteiger partial charge is 0.507 e. The molecule has 0 unspecified atom stereocenters. The first kappa shape index (κ1) is 15.3. The number of anilines is 1. The zero-order valence-corrected chi connectivity index (χ0v) is 12.6. The van der Waals surface area contributed by atoms with E-state index in [2.05, 4.69) is 10.1 Å². The van der Waals surface area contributed by atoms with Gasteiger partial charge in [0.2, 0.25) is 5.82 Å².